The van der Waals surface area contributed by atoms with Crippen molar-refractivity contribution in [2.45, 2.75) is 52.0 Å². The molecule has 0 bridgehead atoms. The average molecular weight is 353 g/mol. The van der Waals surface area contributed by atoms with E-state index >= 15 is 0 Å². The monoisotopic (exact) mass is 353 g/mol. The molecule has 2 heterocycles. The third kappa shape index (κ3) is 4.77. The number of carbonyl (C=O) groups is 2. The standard InChI is InChI=1S/C17H27N3O3S/c1-4-6-14-18-12(2)16(24-14)17(23)20-9-5-7-13(8-10-20)19(3)11-15(21)22/h13H,4-11H2,1-3H3,(H,21,22). The van der Waals surface area contributed by atoms with E-state index in [1.165, 1.54) is 11.3 Å². The molecule has 1 saturated heterocycles. The van der Waals surface area contributed by atoms with Gasteiger partial charge in [0, 0.05) is 19.1 Å². The van der Waals surface area contributed by atoms with Gasteiger partial charge in [0.05, 0.1) is 17.2 Å². The molecule has 134 valence electrons. The van der Waals surface area contributed by atoms with Crippen molar-refractivity contribution in [2.24, 2.45) is 0 Å². The smallest absolute Gasteiger partial charge is 0.317 e. The Kier molecular flexibility index (Phi) is 6.74. The third-order valence-electron chi connectivity index (χ3n) is 4.49. The minimum atomic E-state index is -0.807. The summed E-state index contributed by atoms with van der Waals surface area (Å²) in [4.78, 5) is 32.8. The molecule has 0 spiro atoms. The van der Waals surface area contributed by atoms with Crippen LogP contribution in [0.25, 0.3) is 0 Å². The third-order valence-corrected chi connectivity index (χ3v) is 5.70. The first kappa shape index (κ1) is 18.9. The fraction of sp³-hybridized carbons (Fsp3) is 0.706. The van der Waals surface area contributed by atoms with E-state index in [9.17, 15) is 9.59 Å². The van der Waals surface area contributed by atoms with Crippen molar-refractivity contribution in [1.82, 2.24) is 14.8 Å². The van der Waals surface area contributed by atoms with Gasteiger partial charge in [-0.2, -0.15) is 0 Å². The van der Waals surface area contributed by atoms with E-state index < -0.39 is 5.97 Å². The number of rotatable bonds is 6. The number of amides is 1. The summed E-state index contributed by atoms with van der Waals surface area (Å²) in [5.41, 5.74) is 0.831. The number of carbonyl (C=O) groups excluding carboxylic acids is 1. The summed E-state index contributed by atoms with van der Waals surface area (Å²) in [6.45, 7) is 5.47. The first-order valence-corrected chi connectivity index (χ1v) is 9.41. The number of hydrogen-bond acceptors (Lipinski definition) is 5. The van der Waals surface area contributed by atoms with Crippen LogP contribution < -0.4 is 0 Å². The maximum atomic E-state index is 12.8. The maximum absolute atomic E-state index is 12.8. The number of thiazole rings is 1. The molecule has 1 amide bonds. The highest BCUT2D eigenvalue weighted by Crippen LogP contribution is 2.23. The minimum Gasteiger partial charge on any atom is -0.480 e. The summed E-state index contributed by atoms with van der Waals surface area (Å²) < 4.78 is 0. The van der Waals surface area contributed by atoms with E-state index in [1.54, 1.807) is 0 Å². The van der Waals surface area contributed by atoms with Crippen LogP contribution in [0.15, 0.2) is 0 Å². The van der Waals surface area contributed by atoms with Crippen molar-refractivity contribution in [2.75, 3.05) is 26.7 Å². The number of aliphatic carboxylic acids is 1. The Hall–Kier alpha value is -1.47. The van der Waals surface area contributed by atoms with E-state index in [0.717, 1.165) is 54.2 Å². The van der Waals surface area contributed by atoms with Gasteiger partial charge in [0.25, 0.3) is 5.91 Å². The molecule has 0 radical (unpaired) electrons. The zero-order valence-electron chi connectivity index (χ0n) is 14.7. The Balaban J connectivity index is 2.00. The highest BCUT2D eigenvalue weighted by Gasteiger charge is 2.26. The molecule has 1 aliphatic rings. The maximum Gasteiger partial charge on any atom is 0.317 e. The van der Waals surface area contributed by atoms with Crippen LogP contribution in [0.5, 0.6) is 0 Å². The van der Waals surface area contributed by atoms with Gasteiger partial charge in [0.2, 0.25) is 0 Å². The second-order valence-electron chi connectivity index (χ2n) is 6.46. The summed E-state index contributed by atoms with van der Waals surface area (Å²) >= 11 is 1.52. The van der Waals surface area contributed by atoms with Crippen molar-refractivity contribution >= 4 is 23.2 Å². The van der Waals surface area contributed by atoms with Crippen molar-refractivity contribution in [1.29, 1.82) is 0 Å². The van der Waals surface area contributed by atoms with Gasteiger partial charge in [0.15, 0.2) is 0 Å². The summed E-state index contributed by atoms with van der Waals surface area (Å²) in [5.74, 6) is -0.729. The summed E-state index contributed by atoms with van der Waals surface area (Å²) in [6.07, 6.45) is 4.59. The first-order valence-electron chi connectivity index (χ1n) is 8.60. The number of hydrogen-bond donors (Lipinski definition) is 1. The van der Waals surface area contributed by atoms with Crippen LogP contribution in [0.3, 0.4) is 0 Å². The Morgan fingerprint density at radius 3 is 2.79 bits per heavy atom. The SMILES string of the molecule is CCCc1nc(C)c(C(=O)N2CCCC(N(C)CC(=O)O)CC2)s1. The summed E-state index contributed by atoms with van der Waals surface area (Å²) in [7, 11) is 1.85. The largest absolute Gasteiger partial charge is 0.480 e. The molecule has 7 heteroatoms. The molecule has 24 heavy (non-hydrogen) atoms. The van der Waals surface area contributed by atoms with Gasteiger partial charge in [-0.05, 0) is 46.1 Å². The van der Waals surface area contributed by atoms with Gasteiger partial charge in [-0.1, -0.05) is 6.92 Å². The highest BCUT2D eigenvalue weighted by molar-refractivity contribution is 7.13. The van der Waals surface area contributed by atoms with Crippen molar-refractivity contribution in [3.05, 3.63) is 15.6 Å². The van der Waals surface area contributed by atoms with Crippen molar-refractivity contribution in [3.8, 4) is 0 Å². The summed E-state index contributed by atoms with van der Waals surface area (Å²) in [6, 6.07) is 0.220. The molecule has 1 aromatic rings. The van der Waals surface area contributed by atoms with Crippen LogP contribution in [-0.4, -0.2) is 64.5 Å². The summed E-state index contributed by atoms with van der Waals surface area (Å²) in [5, 5.41) is 9.97. The number of aryl methyl sites for hydroxylation is 2. The Labute approximate surface area is 147 Å². The molecule has 1 N–H and O–H groups in total. The number of likely N-dealkylation sites (tertiary alicyclic amines) is 1. The van der Waals surface area contributed by atoms with Crippen LogP contribution in [0, 0.1) is 6.92 Å². The molecule has 6 nitrogen and oxygen atoms in total. The molecule has 1 atom stereocenters. The lowest BCUT2D eigenvalue weighted by Gasteiger charge is -2.25. The second kappa shape index (κ2) is 8.58. The second-order valence-corrected chi connectivity index (χ2v) is 7.54. The lowest BCUT2D eigenvalue weighted by molar-refractivity contribution is -0.138. The van der Waals surface area contributed by atoms with Crippen LogP contribution in [0.2, 0.25) is 0 Å². The Morgan fingerprint density at radius 2 is 2.12 bits per heavy atom. The predicted octanol–water partition coefficient (Wildman–Crippen LogP) is 2.42. The molecule has 1 aliphatic heterocycles. The van der Waals surface area contributed by atoms with E-state index in [0.29, 0.717) is 6.54 Å². The van der Waals surface area contributed by atoms with Gasteiger partial charge in [-0.25, -0.2) is 4.98 Å². The van der Waals surface area contributed by atoms with Crippen LogP contribution in [0.1, 0.15) is 53.0 Å². The number of likely N-dealkylation sites (N-methyl/N-ethyl adjacent to an activating group) is 1. The van der Waals surface area contributed by atoms with Crippen molar-refractivity contribution < 1.29 is 14.7 Å². The van der Waals surface area contributed by atoms with Gasteiger partial charge < -0.3 is 10.0 Å². The van der Waals surface area contributed by atoms with Gasteiger partial charge >= 0.3 is 5.97 Å². The van der Waals surface area contributed by atoms with Crippen LogP contribution in [0.4, 0.5) is 0 Å². The molecule has 1 aromatic heterocycles. The fourth-order valence-corrected chi connectivity index (χ4v) is 4.31. The van der Waals surface area contributed by atoms with Crippen LogP contribution in [-0.2, 0) is 11.2 Å². The Bertz CT molecular complexity index is 588. The number of carboxylic acid groups (broad SMARTS) is 1. The zero-order chi connectivity index (χ0) is 17.7. The molecule has 1 fully saturated rings. The lowest BCUT2D eigenvalue weighted by Crippen LogP contribution is -2.37. The lowest BCUT2D eigenvalue weighted by atomic mass is 10.1. The van der Waals surface area contributed by atoms with Gasteiger partial charge in [0.1, 0.15) is 4.88 Å². The molecule has 0 aromatic carbocycles. The van der Waals surface area contributed by atoms with E-state index in [1.807, 2.05) is 23.8 Å². The molecule has 0 saturated carbocycles. The molecule has 1 unspecified atom stereocenters. The molecular formula is C17H27N3O3S. The molecular weight excluding hydrogens is 326 g/mol. The van der Waals surface area contributed by atoms with Crippen LogP contribution >= 0.6 is 11.3 Å². The van der Waals surface area contributed by atoms with E-state index in [4.69, 9.17) is 5.11 Å². The highest BCUT2D eigenvalue weighted by atomic mass is 32.1. The Morgan fingerprint density at radius 1 is 1.38 bits per heavy atom. The first-order chi connectivity index (χ1) is 11.4. The van der Waals surface area contributed by atoms with Gasteiger partial charge in [-0.3, -0.25) is 14.5 Å². The number of aromatic nitrogens is 1. The van der Waals surface area contributed by atoms with Crippen molar-refractivity contribution in [3.63, 3.8) is 0 Å². The average Bonchev–Trinajstić information content (AvgIpc) is 2.73. The predicted molar refractivity (Wildman–Crippen MR) is 94.7 cm³/mol. The normalized spacial score (nSPS) is 18.7. The fourth-order valence-electron chi connectivity index (χ4n) is 3.18. The molecule has 0 aliphatic carbocycles. The zero-order valence-corrected chi connectivity index (χ0v) is 15.6. The quantitative estimate of drug-likeness (QED) is 0.850. The van der Waals surface area contributed by atoms with Gasteiger partial charge in [-0.15, -0.1) is 11.3 Å². The topological polar surface area (TPSA) is 73.7 Å². The minimum absolute atomic E-state index is 0.0486. The number of carboxylic acids is 1. The van der Waals surface area contributed by atoms with E-state index in [2.05, 4.69) is 11.9 Å². The number of nitrogens with zero attached hydrogens (tertiary/aromatic N) is 3. The van der Waals surface area contributed by atoms with E-state index in [-0.39, 0.29) is 18.5 Å². The molecule has 2 rings (SSSR count).